The second kappa shape index (κ2) is 9.73. The van der Waals surface area contributed by atoms with Crippen LogP contribution in [0.2, 0.25) is 0 Å². The number of para-hydroxylation sites is 3. The summed E-state index contributed by atoms with van der Waals surface area (Å²) in [6.07, 6.45) is 2.01. The highest BCUT2D eigenvalue weighted by atomic mass is 16.3. The predicted octanol–water partition coefficient (Wildman–Crippen LogP) is 2.46. The van der Waals surface area contributed by atoms with E-state index in [1.165, 1.54) is 5.56 Å². The van der Waals surface area contributed by atoms with Crippen LogP contribution in [0.1, 0.15) is 18.9 Å². The molecular weight excluding hydrogens is 390 g/mol. The number of carbonyl (C=O) groups is 1. The minimum Gasteiger partial charge on any atom is -0.506 e. The number of phenols is 1. The molecule has 1 saturated heterocycles. The minimum atomic E-state index is 0.0374. The van der Waals surface area contributed by atoms with Gasteiger partial charge >= 0.3 is 0 Å². The van der Waals surface area contributed by atoms with Gasteiger partial charge in [-0.2, -0.15) is 0 Å². The van der Waals surface area contributed by atoms with Crippen LogP contribution in [0.25, 0.3) is 0 Å². The Morgan fingerprint density at radius 2 is 1.71 bits per heavy atom. The number of phenolic OH excluding ortho intramolecular Hbond substituents is 1. The summed E-state index contributed by atoms with van der Waals surface area (Å²) in [5, 5.41) is 13.5. The number of anilines is 2. The first-order valence-corrected chi connectivity index (χ1v) is 11.1. The topological polar surface area (TPSA) is 71.4 Å². The van der Waals surface area contributed by atoms with Gasteiger partial charge in [-0.15, -0.1) is 0 Å². The lowest BCUT2D eigenvalue weighted by atomic mass is 10.0. The Morgan fingerprint density at radius 3 is 2.45 bits per heavy atom. The molecule has 2 aliphatic rings. The van der Waals surface area contributed by atoms with E-state index < -0.39 is 0 Å². The number of guanidine groups is 1. The van der Waals surface area contributed by atoms with Crippen LogP contribution in [0.15, 0.2) is 53.5 Å². The van der Waals surface area contributed by atoms with E-state index >= 15 is 0 Å². The highest BCUT2D eigenvalue weighted by molar-refractivity contribution is 5.97. The van der Waals surface area contributed by atoms with E-state index in [2.05, 4.69) is 26.2 Å². The molecule has 0 saturated carbocycles. The summed E-state index contributed by atoms with van der Waals surface area (Å²) in [4.78, 5) is 23.9. The van der Waals surface area contributed by atoms with E-state index in [9.17, 15) is 9.90 Å². The first-order chi connectivity index (χ1) is 15.2. The Labute approximate surface area is 184 Å². The molecule has 0 aliphatic carbocycles. The standard InChI is InChI=1S/C24H31N5O2/c1-2-25-24(28-16-14-27(15-17-28)21-11-5-6-12-22(21)30)26-18-23(31)29-13-7-9-19-8-3-4-10-20(19)29/h3-6,8,10-12,30H,2,7,9,13-18H2,1H3,(H,25,26). The number of carbonyl (C=O) groups excluding carboxylic acids is 1. The summed E-state index contributed by atoms with van der Waals surface area (Å²) in [5.74, 6) is 1.12. The third-order valence-corrected chi connectivity index (χ3v) is 5.91. The van der Waals surface area contributed by atoms with Gasteiger partial charge in [-0.25, -0.2) is 4.99 Å². The number of fused-ring (bicyclic) bond motifs is 1. The van der Waals surface area contributed by atoms with Gasteiger partial charge in [0.2, 0.25) is 5.91 Å². The molecule has 1 fully saturated rings. The van der Waals surface area contributed by atoms with Gasteiger partial charge < -0.3 is 25.1 Å². The van der Waals surface area contributed by atoms with Crippen molar-refractivity contribution in [1.82, 2.24) is 10.2 Å². The van der Waals surface area contributed by atoms with Crippen LogP contribution >= 0.6 is 0 Å². The molecule has 0 aromatic heterocycles. The van der Waals surface area contributed by atoms with Gasteiger partial charge in [0, 0.05) is 45.0 Å². The molecule has 0 radical (unpaired) electrons. The molecule has 1 amide bonds. The van der Waals surface area contributed by atoms with Gasteiger partial charge in [0.05, 0.1) is 5.69 Å². The number of benzene rings is 2. The van der Waals surface area contributed by atoms with Gasteiger partial charge in [0.15, 0.2) is 5.96 Å². The number of aliphatic imine (C=N–C) groups is 1. The summed E-state index contributed by atoms with van der Waals surface area (Å²) in [7, 11) is 0. The maximum absolute atomic E-state index is 13.0. The maximum atomic E-state index is 13.0. The molecule has 164 valence electrons. The maximum Gasteiger partial charge on any atom is 0.248 e. The number of hydrogen-bond acceptors (Lipinski definition) is 4. The fourth-order valence-corrected chi connectivity index (χ4v) is 4.34. The van der Waals surface area contributed by atoms with Crippen molar-refractivity contribution in [1.29, 1.82) is 0 Å². The Balaban J connectivity index is 1.40. The summed E-state index contributed by atoms with van der Waals surface area (Å²) in [5.41, 5.74) is 3.12. The summed E-state index contributed by atoms with van der Waals surface area (Å²) >= 11 is 0. The molecule has 0 spiro atoms. The monoisotopic (exact) mass is 421 g/mol. The normalized spacial score (nSPS) is 16.8. The van der Waals surface area contributed by atoms with Gasteiger partial charge in [-0.05, 0) is 43.5 Å². The highest BCUT2D eigenvalue weighted by Gasteiger charge is 2.24. The lowest BCUT2D eigenvalue weighted by molar-refractivity contribution is -0.117. The number of hydrogen-bond donors (Lipinski definition) is 2. The van der Waals surface area contributed by atoms with Crippen LogP contribution < -0.4 is 15.1 Å². The highest BCUT2D eigenvalue weighted by Crippen LogP contribution is 2.28. The molecule has 2 heterocycles. The summed E-state index contributed by atoms with van der Waals surface area (Å²) in [6.45, 7) is 6.81. The van der Waals surface area contributed by atoms with Crippen molar-refractivity contribution < 1.29 is 9.90 Å². The first kappa shape index (κ1) is 21.0. The third kappa shape index (κ3) is 4.76. The molecule has 4 rings (SSSR count). The zero-order valence-corrected chi connectivity index (χ0v) is 18.1. The molecule has 2 aromatic rings. The quantitative estimate of drug-likeness (QED) is 0.586. The van der Waals surface area contributed by atoms with Crippen molar-refractivity contribution in [3.8, 4) is 5.75 Å². The molecule has 2 aromatic carbocycles. The molecule has 0 atom stereocenters. The van der Waals surface area contributed by atoms with Crippen molar-refractivity contribution in [3.05, 3.63) is 54.1 Å². The number of rotatable bonds is 4. The number of aryl methyl sites for hydroxylation is 1. The van der Waals surface area contributed by atoms with Crippen molar-refractivity contribution >= 4 is 23.2 Å². The number of aromatic hydroxyl groups is 1. The molecule has 7 nitrogen and oxygen atoms in total. The largest absolute Gasteiger partial charge is 0.506 e. The second-order valence-corrected chi connectivity index (χ2v) is 7.91. The molecule has 31 heavy (non-hydrogen) atoms. The second-order valence-electron chi connectivity index (χ2n) is 7.91. The molecule has 0 unspecified atom stereocenters. The van der Waals surface area contributed by atoms with Crippen molar-refractivity contribution in [2.75, 3.05) is 55.6 Å². The van der Waals surface area contributed by atoms with Crippen LogP contribution in [-0.2, 0) is 11.2 Å². The van der Waals surface area contributed by atoms with Crippen LogP contribution in [0, 0.1) is 0 Å². The average Bonchev–Trinajstić information content (AvgIpc) is 2.82. The number of amides is 1. The van der Waals surface area contributed by atoms with Crippen LogP contribution in [0.4, 0.5) is 11.4 Å². The van der Waals surface area contributed by atoms with Gasteiger partial charge in [-0.3, -0.25) is 4.79 Å². The molecule has 2 aliphatic heterocycles. The van der Waals surface area contributed by atoms with Gasteiger partial charge in [-0.1, -0.05) is 30.3 Å². The van der Waals surface area contributed by atoms with Crippen LogP contribution in [-0.4, -0.2) is 67.7 Å². The predicted molar refractivity (Wildman–Crippen MR) is 125 cm³/mol. The van der Waals surface area contributed by atoms with E-state index in [4.69, 9.17) is 0 Å². The number of nitrogens with zero attached hydrogens (tertiary/aromatic N) is 4. The Morgan fingerprint density at radius 1 is 1.00 bits per heavy atom. The average molecular weight is 422 g/mol. The number of nitrogens with one attached hydrogen (secondary N) is 1. The fraction of sp³-hybridized carbons (Fsp3) is 0.417. The van der Waals surface area contributed by atoms with E-state index in [1.807, 2.05) is 48.2 Å². The zero-order chi connectivity index (χ0) is 21.6. The van der Waals surface area contributed by atoms with E-state index in [0.29, 0.717) is 5.75 Å². The lowest BCUT2D eigenvalue weighted by Gasteiger charge is -2.38. The minimum absolute atomic E-state index is 0.0374. The summed E-state index contributed by atoms with van der Waals surface area (Å²) in [6, 6.07) is 15.6. The smallest absolute Gasteiger partial charge is 0.248 e. The Kier molecular flexibility index (Phi) is 6.60. The Bertz CT molecular complexity index is 937. The van der Waals surface area contributed by atoms with Gasteiger partial charge in [0.1, 0.15) is 12.3 Å². The SMILES string of the molecule is CCNC(=NCC(=O)N1CCCc2ccccc21)N1CCN(c2ccccc2O)CC1. The molecule has 0 bridgehead atoms. The lowest BCUT2D eigenvalue weighted by Crippen LogP contribution is -2.53. The van der Waals surface area contributed by atoms with E-state index in [0.717, 1.165) is 69.4 Å². The van der Waals surface area contributed by atoms with Crippen molar-refractivity contribution in [2.45, 2.75) is 19.8 Å². The molecule has 2 N–H and O–H groups in total. The zero-order valence-electron chi connectivity index (χ0n) is 18.1. The molecule has 7 heteroatoms. The van der Waals surface area contributed by atoms with Crippen molar-refractivity contribution in [2.24, 2.45) is 4.99 Å². The van der Waals surface area contributed by atoms with Crippen LogP contribution in [0.5, 0.6) is 5.75 Å². The van der Waals surface area contributed by atoms with Gasteiger partial charge in [0.25, 0.3) is 0 Å². The van der Waals surface area contributed by atoms with E-state index in [-0.39, 0.29) is 12.5 Å². The first-order valence-electron chi connectivity index (χ1n) is 11.1. The van der Waals surface area contributed by atoms with E-state index in [1.54, 1.807) is 6.07 Å². The third-order valence-electron chi connectivity index (χ3n) is 5.91. The molecular formula is C24H31N5O2. The fourth-order valence-electron chi connectivity index (χ4n) is 4.34. The van der Waals surface area contributed by atoms with Crippen molar-refractivity contribution in [3.63, 3.8) is 0 Å². The van der Waals surface area contributed by atoms with Crippen LogP contribution in [0.3, 0.4) is 0 Å². The number of piperazine rings is 1. The summed E-state index contributed by atoms with van der Waals surface area (Å²) < 4.78 is 0. The Hall–Kier alpha value is -3.22.